The van der Waals surface area contributed by atoms with Gasteiger partial charge in [0.15, 0.2) is 11.6 Å². The summed E-state index contributed by atoms with van der Waals surface area (Å²) in [4.78, 5) is 29.3. The Morgan fingerprint density at radius 2 is 0.963 bits per heavy atom. The second-order valence-corrected chi connectivity index (χ2v) is 6.60. The fraction of sp³-hybridized carbons (Fsp3) is 0.130. The molecule has 1 heterocycles. The first-order valence-electron chi connectivity index (χ1n) is 8.98. The molecule has 4 nitrogen and oxygen atoms in total. The van der Waals surface area contributed by atoms with Crippen LogP contribution in [0.1, 0.15) is 20.7 Å². The van der Waals surface area contributed by atoms with Crippen molar-refractivity contribution in [3.63, 3.8) is 0 Å². The molecule has 134 valence electrons. The maximum absolute atomic E-state index is 12.6. The molecule has 4 rings (SSSR count). The van der Waals surface area contributed by atoms with Gasteiger partial charge in [0.25, 0.3) is 0 Å². The van der Waals surface area contributed by atoms with Crippen molar-refractivity contribution in [1.82, 2.24) is 0 Å². The summed E-state index contributed by atoms with van der Waals surface area (Å²) in [7, 11) is 0. The first kappa shape index (κ1) is 17.0. The minimum absolute atomic E-state index is 0.0710. The van der Waals surface area contributed by atoms with E-state index >= 15 is 0 Å². The van der Waals surface area contributed by atoms with Crippen molar-refractivity contribution < 1.29 is 9.59 Å². The summed E-state index contributed by atoms with van der Waals surface area (Å²) in [5.74, 6) is 0.142. The SMILES string of the molecule is O=C(CN1CN(CC(=O)c2ccccc2)c2ccccc21)c1ccccc1. The number of hydrogen-bond donors (Lipinski definition) is 0. The maximum Gasteiger partial charge on any atom is 0.182 e. The van der Waals surface area contributed by atoms with Crippen molar-refractivity contribution in [3.05, 3.63) is 96.1 Å². The summed E-state index contributed by atoms with van der Waals surface area (Å²) in [5.41, 5.74) is 3.38. The van der Waals surface area contributed by atoms with E-state index in [2.05, 4.69) is 0 Å². The lowest BCUT2D eigenvalue weighted by Crippen LogP contribution is -2.37. The van der Waals surface area contributed by atoms with Crippen LogP contribution in [-0.2, 0) is 0 Å². The van der Waals surface area contributed by atoms with E-state index in [1.165, 1.54) is 0 Å². The summed E-state index contributed by atoms with van der Waals surface area (Å²) in [6, 6.07) is 26.5. The Kier molecular flexibility index (Phi) is 4.71. The summed E-state index contributed by atoms with van der Waals surface area (Å²) < 4.78 is 0. The topological polar surface area (TPSA) is 40.6 Å². The zero-order valence-electron chi connectivity index (χ0n) is 14.9. The molecule has 1 aliphatic rings. The van der Waals surface area contributed by atoms with Crippen molar-refractivity contribution in [2.24, 2.45) is 0 Å². The molecule has 0 aromatic heterocycles. The van der Waals surface area contributed by atoms with Crippen LogP contribution in [0.2, 0.25) is 0 Å². The number of nitrogens with zero attached hydrogens (tertiary/aromatic N) is 2. The third kappa shape index (κ3) is 3.60. The summed E-state index contributed by atoms with van der Waals surface area (Å²) in [6.07, 6.45) is 0. The molecule has 0 unspecified atom stereocenters. The zero-order valence-corrected chi connectivity index (χ0v) is 14.9. The largest absolute Gasteiger partial charge is 0.344 e. The lowest BCUT2D eigenvalue weighted by atomic mass is 10.1. The van der Waals surface area contributed by atoms with Crippen LogP contribution < -0.4 is 9.80 Å². The lowest BCUT2D eigenvalue weighted by Gasteiger charge is -2.21. The highest BCUT2D eigenvalue weighted by Gasteiger charge is 2.28. The number of fused-ring (bicyclic) bond motifs is 1. The Balaban J connectivity index is 1.52. The van der Waals surface area contributed by atoms with Crippen LogP contribution in [0.15, 0.2) is 84.9 Å². The number of carbonyl (C=O) groups is 2. The van der Waals surface area contributed by atoms with Gasteiger partial charge in [-0.3, -0.25) is 9.59 Å². The van der Waals surface area contributed by atoms with E-state index in [0.29, 0.717) is 17.8 Å². The quantitative estimate of drug-likeness (QED) is 0.625. The van der Waals surface area contributed by atoms with E-state index < -0.39 is 0 Å². The first-order valence-corrected chi connectivity index (χ1v) is 8.98. The Morgan fingerprint density at radius 1 is 0.593 bits per heavy atom. The standard InChI is InChI=1S/C23H20N2O2/c26-22(18-9-3-1-4-10-18)15-24-17-25(21-14-8-7-13-20(21)24)16-23(27)19-11-5-2-6-12-19/h1-14H,15-17H2. The summed E-state index contributed by atoms with van der Waals surface area (Å²) in [6.45, 7) is 1.10. The number of Topliss-reactive ketones (excluding diaryl/α,β-unsaturated/α-hetero) is 2. The summed E-state index contributed by atoms with van der Waals surface area (Å²) in [5, 5.41) is 0. The van der Waals surface area contributed by atoms with Crippen molar-refractivity contribution >= 4 is 22.9 Å². The molecule has 0 radical (unpaired) electrons. The number of benzene rings is 3. The molecule has 0 saturated heterocycles. The molecule has 0 aliphatic carbocycles. The van der Waals surface area contributed by atoms with Crippen LogP contribution >= 0.6 is 0 Å². The Labute approximate surface area is 158 Å². The molecule has 3 aromatic carbocycles. The Bertz CT molecular complexity index is 876. The first-order chi connectivity index (χ1) is 13.2. The van der Waals surface area contributed by atoms with Crippen molar-refractivity contribution in [1.29, 1.82) is 0 Å². The molecule has 0 saturated carbocycles. The molecule has 4 heteroatoms. The molecular weight excluding hydrogens is 336 g/mol. The van der Waals surface area contributed by atoms with Gasteiger partial charge in [-0.2, -0.15) is 0 Å². The van der Waals surface area contributed by atoms with Crippen LogP contribution in [0.25, 0.3) is 0 Å². The molecule has 0 spiro atoms. The van der Waals surface area contributed by atoms with E-state index in [9.17, 15) is 9.59 Å². The number of anilines is 2. The van der Waals surface area contributed by atoms with Crippen molar-refractivity contribution in [2.45, 2.75) is 0 Å². The smallest absolute Gasteiger partial charge is 0.182 e. The van der Waals surface area contributed by atoms with Crippen LogP contribution in [-0.4, -0.2) is 31.3 Å². The number of rotatable bonds is 6. The van der Waals surface area contributed by atoms with Crippen LogP contribution in [0.5, 0.6) is 0 Å². The Morgan fingerprint density at radius 3 is 1.37 bits per heavy atom. The van der Waals surface area contributed by atoms with E-state index in [0.717, 1.165) is 11.4 Å². The third-order valence-electron chi connectivity index (χ3n) is 4.76. The molecule has 27 heavy (non-hydrogen) atoms. The highest BCUT2D eigenvalue weighted by molar-refractivity contribution is 6.02. The van der Waals surface area contributed by atoms with E-state index in [1.54, 1.807) is 0 Å². The summed E-state index contributed by atoms with van der Waals surface area (Å²) >= 11 is 0. The average Bonchev–Trinajstić information content (AvgIpc) is 3.06. The zero-order chi connectivity index (χ0) is 18.6. The predicted octanol–water partition coefficient (Wildman–Crippen LogP) is 4.04. The van der Waals surface area contributed by atoms with Gasteiger partial charge in [0.1, 0.15) is 0 Å². The van der Waals surface area contributed by atoms with E-state index in [1.807, 2.05) is 94.7 Å². The van der Waals surface area contributed by atoms with Gasteiger partial charge >= 0.3 is 0 Å². The van der Waals surface area contributed by atoms with Crippen LogP contribution in [0, 0.1) is 0 Å². The molecule has 3 aromatic rings. The van der Waals surface area contributed by atoms with Gasteiger partial charge < -0.3 is 9.80 Å². The molecule has 1 aliphatic heterocycles. The van der Waals surface area contributed by atoms with Gasteiger partial charge in [0, 0.05) is 11.1 Å². The normalized spacial score (nSPS) is 12.7. The van der Waals surface area contributed by atoms with E-state index in [-0.39, 0.29) is 24.7 Å². The lowest BCUT2D eigenvalue weighted by molar-refractivity contribution is 0.0996. The number of ketones is 2. The molecule has 0 atom stereocenters. The second-order valence-electron chi connectivity index (χ2n) is 6.60. The Hall–Kier alpha value is -3.40. The fourth-order valence-corrected chi connectivity index (χ4v) is 3.41. The van der Waals surface area contributed by atoms with Crippen LogP contribution in [0.4, 0.5) is 11.4 Å². The average molecular weight is 356 g/mol. The molecule has 0 bridgehead atoms. The fourth-order valence-electron chi connectivity index (χ4n) is 3.41. The minimum atomic E-state index is 0.0710. The maximum atomic E-state index is 12.6. The monoisotopic (exact) mass is 356 g/mol. The van der Waals surface area contributed by atoms with Gasteiger partial charge in [-0.1, -0.05) is 72.8 Å². The molecule has 0 N–H and O–H groups in total. The van der Waals surface area contributed by atoms with Gasteiger partial charge in [0.2, 0.25) is 0 Å². The number of hydrogen-bond acceptors (Lipinski definition) is 4. The highest BCUT2D eigenvalue weighted by atomic mass is 16.1. The molecule has 0 amide bonds. The van der Waals surface area contributed by atoms with Gasteiger partial charge in [-0.05, 0) is 12.1 Å². The molecular formula is C23H20N2O2. The highest BCUT2D eigenvalue weighted by Crippen LogP contribution is 2.35. The van der Waals surface area contributed by atoms with Crippen LogP contribution in [0.3, 0.4) is 0 Å². The molecule has 0 fully saturated rings. The second kappa shape index (κ2) is 7.46. The predicted molar refractivity (Wildman–Crippen MR) is 108 cm³/mol. The third-order valence-corrected chi connectivity index (χ3v) is 4.76. The van der Waals surface area contributed by atoms with Crippen molar-refractivity contribution in [3.8, 4) is 0 Å². The van der Waals surface area contributed by atoms with Gasteiger partial charge in [-0.25, -0.2) is 0 Å². The van der Waals surface area contributed by atoms with Crippen molar-refractivity contribution in [2.75, 3.05) is 29.6 Å². The number of para-hydroxylation sites is 2. The minimum Gasteiger partial charge on any atom is -0.344 e. The van der Waals surface area contributed by atoms with E-state index in [4.69, 9.17) is 0 Å². The van der Waals surface area contributed by atoms with Gasteiger partial charge in [-0.15, -0.1) is 0 Å². The number of carbonyl (C=O) groups excluding carboxylic acids is 2. The van der Waals surface area contributed by atoms with Gasteiger partial charge in [0.05, 0.1) is 31.1 Å².